The molecule has 0 aliphatic rings. The molecule has 0 spiro atoms. The molecule has 0 heterocycles. The SMILES string of the molecule is CS(=O)(=O)CCCNc1cc(F)ccc1N. The van der Waals surface area contributed by atoms with E-state index in [-0.39, 0.29) is 11.6 Å². The third kappa shape index (κ3) is 4.48. The lowest BCUT2D eigenvalue weighted by Gasteiger charge is -2.08. The van der Waals surface area contributed by atoms with Crippen molar-refractivity contribution in [2.45, 2.75) is 6.42 Å². The quantitative estimate of drug-likeness (QED) is 0.606. The summed E-state index contributed by atoms with van der Waals surface area (Å²) in [6.07, 6.45) is 1.65. The molecule has 16 heavy (non-hydrogen) atoms. The number of sulfone groups is 1. The lowest BCUT2D eigenvalue weighted by Crippen LogP contribution is -2.10. The van der Waals surface area contributed by atoms with Crippen molar-refractivity contribution >= 4 is 21.2 Å². The van der Waals surface area contributed by atoms with Crippen LogP contribution in [0, 0.1) is 5.82 Å². The fourth-order valence-electron chi connectivity index (χ4n) is 1.24. The van der Waals surface area contributed by atoms with Gasteiger partial charge in [0.05, 0.1) is 17.1 Å². The molecular formula is C10H15FN2O2S. The Bertz CT molecular complexity index is 460. The van der Waals surface area contributed by atoms with Gasteiger partial charge < -0.3 is 11.1 Å². The second-order valence-electron chi connectivity index (χ2n) is 3.64. The van der Waals surface area contributed by atoms with Gasteiger partial charge in [-0.3, -0.25) is 0 Å². The summed E-state index contributed by atoms with van der Waals surface area (Å²) in [5, 5.41) is 2.90. The highest BCUT2D eigenvalue weighted by Gasteiger charge is 2.03. The molecule has 4 nitrogen and oxygen atoms in total. The number of nitrogens with two attached hydrogens (primary N) is 1. The van der Waals surface area contributed by atoms with Crippen molar-refractivity contribution in [2.75, 3.05) is 29.6 Å². The van der Waals surface area contributed by atoms with Crippen LogP contribution in [0.2, 0.25) is 0 Å². The molecule has 1 aromatic rings. The molecule has 0 aliphatic heterocycles. The minimum Gasteiger partial charge on any atom is -0.397 e. The van der Waals surface area contributed by atoms with Crippen molar-refractivity contribution in [3.8, 4) is 0 Å². The van der Waals surface area contributed by atoms with Crippen molar-refractivity contribution in [1.29, 1.82) is 0 Å². The fraction of sp³-hybridized carbons (Fsp3) is 0.400. The van der Waals surface area contributed by atoms with Gasteiger partial charge in [-0.15, -0.1) is 0 Å². The van der Waals surface area contributed by atoms with Gasteiger partial charge in [-0.2, -0.15) is 0 Å². The summed E-state index contributed by atoms with van der Waals surface area (Å²) < 4.78 is 34.6. The van der Waals surface area contributed by atoms with Crippen molar-refractivity contribution in [3.63, 3.8) is 0 Å². The molecule has 0 saturated carbocycles. The Balaban J connectivity index is 2.46. The van der Waals surface area contributed by atoms with Crippen LogP contribution >= 0.6 is 0 Å². The molecule has 0 saturated heterocycles. The van der Waals surface area contributed by atoms with E-state index in [0.29, 0.717) is 24.3 Å². The third-order valence-corrected chi connectivity index (χ3v) is 3.05. The number of anilines is 2. The second kappa shape index (κ2) is 5.16. The maximum atomic E-state index is 12.9. The van der Waals surface area contributed by atoms with Crippen LogP contribution in [0.1, 0.15) is 6.42 Å². The monoisotopic (exact) mass is 246 g/mol. The molecular weight excluding hydrogens is 231 g/mol. The minimum atomic E-state index is -2.94. The number of nitrogen functional groups attached to an aromatic ring is 1. The van der Waals surface area contributed by atoms with E-state index in [1.54, 1.807) is 0 Å². The molecule has 6 heteroatoms. The van der Waals surface area contributed by atoms with Crippen LogP contribution in [-0.2, 0) is 9.84 Å². The Morgan fingerprint density at radius 3 is 2.75 bits per heavy atom. The van der Waals surface area contributed by atoms with E-state index >= 15 is 0 Å². The summed E-state index contributed by atoms with van der Waals surface area (Å²) in [6, 6.07) is 4.03. The van der Waals surface area contributed by atoms with E-state index in [9.17, 15) is 12.8 Å². The van der Waals surface area contributed by atoms with Crippen molar-refractivity contribution in [1.82, 2.24) is 0 Å². The first kappa shape index (κ1) is 12.8. The van der Waals surface area contributed by atoms with Crippen molar-refractivity contribution < 1.29 is 12.8 Å². The summed E-state index contributed by atoms with van der Waals surface area (Å²) in [5.41, 5.74) is 6.55. The highest BCUT2D eigenvalue weighted by molar-refractivity contribution is 7.90. The first-order valence-corrected chi connectivity index (χ1v) is 6.91. The van der Waals surface area contributed by atoms with Gasteiger partial charge >= 0.3 is 0 Å². The molecule has 0 bridgehead atoms. The fourth-order valence-corrected chi connectivity index (χ4v) is 1.91. The van der Waals surface area contributed by atoms with E-state index in [1.165, 1.54) is 24.5 Å². The maximum Gasteiger partial charge on any atom is 0.147 e. The third-order valence-electron chi connectivity index (χ3n) is 2.02. The zero-order chi connectivity index (χ0) is 12.2. The van der Waals surface area contributed by atoms with Crippen molar-refractivity contribution in [3.05, 3.63) is 24.0 Å². The van der Waals surface area contributed by atoms with Crippen LogP contribution in [0.25, 0.3) is 0 Å². The first-order valence-electron chi connectivity index (χ1n) is 4.85. The standard InChI is InChI=1S/C10H15FN2O2S/c1-16(14,15)6-2-5-13-10-7-8(11)3-4-9(10)12/h3-4,7,13H,2,5-6,12H2,1H3. The van der Waals surface area contributed by atoms with Gasteiger partial charge in [0.15, 0.2) is 0 Å². The van der Waals surface area contributed by atoms with E-state index < -0.39 is 9.84 Å². The smallest absolute Gasteiger partial charge is 0.147 e. The summed E-state index contributed by atoms with van der Waals surface area (Å²) in [6.45, 7) is 0.445. The molecule has 0 aliphatic carbocycles. The van der Waals surface area contributed by atoms with E-state index in [2.05, 4.69) is 5.32 Å². The van der Waals surface area contributed by atoms with Crippen LogP contribution in [0.15, 0.2) is 18.2 Å². The Morgan fingerprint density at radius 1 is 1.44 bits per heavy atom. The Labute approximate surface area is 94.6 Å². The molecule has 1 rings (SSSR count). The Hall–Kier alpha value is -1.30. The Kier molecular flexibility index (Phi) is 4.12. The number of halogens is 1. The average molecular weight is 246 g/mol. The highest BCUT2D eigenvalue weighted by Crippen LogP contribution is 2.18. The molecule has 0 unspecified atom stereocenters. The number of rotatable bonds is 5. The molecule has 1 aromatic carbocycles. The predicted molar refractivity (Wildman–Crippen MR) is 63.6 cm³/mol. The second-order valence-corrected chi connectivity index (χ2v) is 5.90. The van der Waals surface area contributed by atoms with Crippen LogP contribution in [0.4, 0.5) is 15.8 Å². The highest BCUT2D eigenvalue weighted by atomic mass is 32.2. The van der Waals surface area contributed by atoms with Crippen LogP contribution < -0.4 is 11.1 Å². The first-order chi connectivity index (χ1) is 7.38. The predicted octanol–water partition coefficient (Wildman–Crippen LogP) is 1.25. The normalized spacial score (nSPS) is 11.4. The van der Waals surface area contributed by atoms with Gasteiger partial charge in [0.25, 0.3) is 0 Å². The summed E-state index contributed by atoms with van der Waals surface area (Å²) in [7, 11) is -2.94. The summed E-state index contributed by atoms with van der Waals surface area (Å²) >= 11 is 0. The number of nitrogens with one attached hydrogen (secondary N) is 1. The lowest BCUT2D eigenvalue weighted by molar-refractivity contribution is 0.600. The number of benzene rings is 1. The van der Waals surface area contributed by atoms with E-state index in [1.807, 2.05) is 0 Å². The van der Waals surface area contributed by atoms with Crippen LogP contribution in [0.5, 0.6) is 0 Å². The van der Waals surface area contributed by atoms with Gasteiger partial charge in [-0.1, -0.05) is 0 Å². The van der Waals surface area contributed by atoms with Gasteiger partial charge in [0.1, 0.15) is 15.7 Å². The number of hydrogen-bond acceptors (Lipinski definition) is 4. The molecule has 0 radical (unpaired) electrons. The van der Waals surface area contributed by atoms with E-state index in [0.717, 1.165) is 0 Å². The Morgan fingerprint density at radius 2 is 2.12 bits per heavy atom. The topological polar surface area (TPSA) is 72.2 Å². The van der Waals surface area contributed by atoms with Gasteiger partial charge in [-0.25, -0.2) is 12.8 Å². The largest absolute Gasteiger partial charge is 0.397 e. The molecule has 0 atom stereocenters. The van der Waals surface area contributed by atoms with E-state index in [4.69, 9.17) is 5.73 Å². The average Bonchev–Trinajstić information content (AvgIpc) is 2.16. The lowest BCUT2D eigenvalue weighted by atomic mass is 10.2. The van der Waals surface area contributed by atoms with Gasteiger partial charge in [0, 0.05) is 12.8 Å². The van der Waals surface area contributed by atoms with Gasteiger partial charge in [0.2, 0.25) is 0 Å². The molecule has 3 N–H and O–H groups in total. The molecule has 90 valence electrons. The maximum absolute atomic E-state index is 12.9. The summed E-state index contributed by atoms with van der Waals surface area (Å²) in [5.74, 6) is -0.269. The number of hydrogen-bond donors (Lipinski definition) is 2. The van der Waals surface area contributed by atoms with Crippen LogP contribution in [-0.4, -0.2) is 27.0 Å². The zero-order valence-electron chi connectivity index (χ0n) is 9.03. The molecule has 0 aromatic heterocycles. The van der Waals surface area contributed by atoms with Crippen LogP contribution in [0.3, 0.4) is 0 Å². The van der Waals surface area contributed by atoms with Crippen molar-refractivity contribution in [2.24, 2.45) is 0 Å². The zero-order valence-corrected chi connectivity index (χ0v) is 9.85. The minimum absolute atomic E-state index is 0.106. The summed E-state index contributed by atoms with van der Waals surface area (Å²) in [4.78, 5) is 0. The molecule has 0 amide bonds. The molecule has 0 fully saturated rings. The van der Waals surface area contributed by atoms with Gasteiger partial charge in [-0.05, 0) is 24.6 Å².